The number of ketones is 2. The second-order valence-electron chi connectivity index (χ2n) is 6.32. The molecule has 1 aliphatic rings. The first-order valence-electron chi connectivity index (χ1n) is 8.38. The third-order valence-corrected chi connectivity index (χ3v) is 4.72. The van der Waals surface area contributed by atoms with Gasteiger partial charge in [-0.2, -0.15) is 0 Å². The van der Waals surface area contributed by atoms with Crippen LogP contribution in [0.15, 0.2) is 48.7 Å². The van der Waals surface area contributed by atoms with Crippen LogP contribution in [0.4, 0.5) is 0 Å². The van der Waals surface area contributed by atoms with Gasteiger partial charge in [0.1, 0.15) is 5.69 Å². The molecule has 2 aromatic rings. The lowest BCUT2D eigenvalue weighted by Gasteiger charge is -2.22. The molecule has 1 aromatic heterocycles. The maximum Gasteiger partial charge on any atom is 0.184 e. The molecule has 0 saturated heterocycles. The molecule has 0 fully saturated rings. The molecule has 4 heteroatoms. The van der Waals surface area contributed by atoms with Gasteiger partial charge in [-0.15, -0.1) is 0 Å². The Morgan fingerprint density at radius 2 is 1.96 bits per heavy atom. The summed E-state index contributed by atoms with van der Waals surface area (Å²) >= 11 is 0. The van der Waals surface area contributed by atoms with Gasteiger partial charge in [0.25, 0.3) is 0 Å². The van der Waals surface area contributed by atoms with E-state index in [0.717, 1.165) is 18.4 Å². The second-order valence-corrected chi connectivity index (χ2v) is 6.32. The van der Waals surface area contributed by atoms with Crippen LogP contribution in [0.1, 0.15) is 60.1 Å². The monoisotopic (exact) mass is 323 g/mol. The summed E-state index contributed by atoms with van der Waals surface area (Å²) in [5.74, 6) is -0.915. The van der Waals surface area contributed by atoms with Gasteiger partial charge in [-0.3, -0.25) is 14.6 Å². The van der Waals surface area contributed by atoms with E-state index in [4.69, 9.17) is 0 Å². The molecule has 0 saturated carbocycles. The van der Waals surface area contributed by atoms with E-state index in [9.17, 15) is 14.7 Å². The summed E-state index contributed by atoms with van der Waals surface area (Å²) in [6.45, 7) is 2.07. The maximum atomic E-state index is 12.9. The number of fused-ring (bicyclic) bond motifs is 1. The lowest BCUT2D eigenvalue weighted by Crippen LogP contribution is -2.35. The number of carbonyl (C=O) groups excluding carboxylic acids is 2. The summed E-state index contributed by atoms with van der Waals surface area (Å²) in [4.78, 5) is 29.5. The molecule has 1 aromatic carbocycles. The first-order chi connectivity index (χ1) is 11.6. The van der Waals surface area contributed by atoms with Crippen LogP contribution >= 0.6 is 0 Å². The quantitative estimate of drug-likeness (QED) is 0.827. The first-order valence-corrected chi connectivity index (χ1v) is 8.38. The molecular formula is C20H21NO3. The molecule has 0 spiro atoms. The molecule has 4 nitrogen and oxygen atoms in total. The van der Waals surface area contributed by atoms with Crippen LogP contribution in [-0.4, -0.2) is 21.7 Å². The lowest BCUT2D eigenvalue weighted by atomic mass is 9.87. The number of pyridine rings is 1. The van der Waals surface area contributed by atoms with Gasteiger partial charge in [0.05, 0.1) is 6.42 Å². The fraction of sp³-hybridized carbons (Fsp3) is 0.350. The fourth-order valence-electron chi connectivity index (χ4n) is 3.47. The Labute approximate surface area is 141 Å². The van der Waals surface area contributed by atoms with Crippen molar-refractivity contribution >= 4 is 11.6 Å². The van der Waals surface area contributed by atoms with Gasteiger partial charge >= 0.3 is 0 Å². The first kappa shape index (κ1) is 16.5. The lowest BCUT2D eigenvalue weighted by molar-refractivity contribution is -0.137. The van der Waals surface area contributed by atoms with Crippen LogP contribution in [-0.2, 0) is 10.4 Å². The zero-order valence-corrected chi connectivity index (χ0v) is 13.7. The summed E-state index contributed by atoms with van der Waals surface area (Å²) in [5.41, 5.74) is -0.0512. The number of carbonyl (C=O) groups is 2. The molecule has 2 unspecified atom stereocenters. The molecule has 24 heavy (non-hydrogen) atoms. The zero-order chi connectivity index (χ0) is 17.2. The molecule has 124 valence electrons. The predicted octanol–water partition coefficient (Wildman–Crippen LogP) is 3.40. The van der Waals surface area contributed by atoms with Crippen molar-refractivity contribution in [3.8, 4) is 0 Å². The molecule has 1 aliphatic carbocycles. The van der Waals surface area contributed by atoms with E-state index in [1.54, 1.807) is 30.3 Å². The van der Waals surface area contributed by atoms with Crippen LogP contribution in [0.25, 0.3) is 0 Å². The maximum absolute atomic E-state index is 12.9. The van der Waals surface area contributed by atoms with Crippen LogP contribution in [0.3, 0.4) is 0 Å². The van der Waals surface area contributed by atoms with Crippen LogP contribution in [0.5, 0.6) is 0 Å². The average molecular weight is 323 g/mol. The highest BCUT2D eigenvalue weighted by Crippen LogP contribution is 2.45. The number of hydrogen-bond acceptors (Lipinski definition) is 4. The third-order valence-electron chi connectivity index (χ3n) is 4.72. The van der Waals surface area contributed by atoms with Crippen molar-refractivity contribution in [2.75, 3.05) is 0 Å². The Morgan fingerprint density at radius 1 is 1.21 bits per heavy atom. The minimum absolute atomic E-state index is 0.261. The van der Waals surface area contributed by atoms with Gasteiger partial charge < -0.3 is 5.11 Å². The van der Waals surface area contributed by atoms with Crippen molar-refractivity contribution in [2.45, 2.75) is 44.1 Å². The minimum Gasteiger partial charge on any atom is -0.377 e. The molecule has 0 aliphatic heterocycles. The summed E-state index contributed by atoms with van der Waals surface area (Å²) in [5, 5.41) is 11.1. The minimum atomic E-state index is -1.75. The van der Waals surface area contributed by atoms with Crippen LogP contribution in [0.2, 0.25) is 0 Å². The van der Waals surface area contributed by atoms with E-state index in [1.807, 2.05) is 12.1 Å². The van der Waals surface area contributed by atoms with E-state index in [0.29, 0.717) is 12.0 Å². The largest absolute Gasteiger partial charge is 0.377 e. The molecule has 1 N–H and O–H groups in total. The number of rotatable bonds is 6. The van der Waals surface area contributed by atoms with E-state index < -0.39 is 5.60 Å². The van der Waals surface area contributed by atoms with Crippen molar-refractivity contribution in [3.63, 3.8) is 0 Å². The van der Waals surface area contributed by atoms with Crippen molar-refractivity contribution in [2.24, 2.45) is 0 Å². The molecular weight excluding hydrogens is 302 g/mol. The fourth-order valence-corrected chi connectivity index (χ4v) is 3.47. The third kappa shape index (κ3) is 2.78. The average Bonchev–Trinajstić information content (AvgIpc) is 2.82. The zero-order valence-electron chi connectivity index (χ0n) is 13.7. The predicted molar refractivity (Wildman–Crippen MR) is 90.8 cm³/mol. The van der Waals surface area contributed by atoms with Crippen molar-refractivity contribution in [1.82, 2.24) is 4.98 Å². The number of unbranched alkanes of at least 4 members (excludes halogenated alkanes) is 1. The van der Waals surface area contributed by atoms with Gasteiger partial charge in [0.15, 0.2) is 17.2 Å². The highest BCUT2D eigenvalue weighted by molar-refractivity contribution is 6.05. The number of nitrogens with zero attached hydrogens (tertiary/aromatic N) is 1. The smallest absolute Gasteiger partial charge is 0.184 e. The van der Waals surface area contributed by atoms with Gasteiger partial charge in [0, 0.05) is 12.1 Å². The molecule has 1 heterocycles. The van der Waals surface area contributed by atoms with Crippen molar-refractivity contribution < 1.29 is 14.7 Å². The summed E-state index contributed by atoms with van der Waals surface area (Å²) < 4.78 is 0. The van der Waals surface area contributed by atoms with E-state index in [1.165, 1.54) is 6.20 Å². The second kappa shape index (κ2) is 6.65. The van der Waals surface area contributed by atoms with Gasteiger partial charge in [-0.25, -0.2) is 0 Å². The number of aliphatic hydroxyl groups is 1. The van der Waals surface area contributed by atoms with Crippen molar-refractivity contribution in [1.29, 1.82) is 0 Å². The Hall–Kier alpha value is -2.33. The number of hydrogen-bond donors (Lipinski definition) is 1. The summed E-state index contributed by atoms with van der Waals surface area (Å²) in [7, 11) is 0. The number of benzene rings is 1. The Bertz CT molecular complexity index is 756. The Morgan fingerprint density at radius 3 is 2.67 bits per heavy atom. The van der Waals surface area contributed by atoms with Crippen LogP contribution in [0, 0.1) is 0 Å². The summed E-state index contributed by atoms with van der Waals surface area (Å²) in [6, 6.07) is 12.4. The standard InChI is InChI=1S/C20H21NO3/c1-2-3-8-15-14-9-4-5-10-16(14)20(24,19(15)23)13-18(22)17-11-6-7-12-21-17/h4-7,9-12,15,24H,2-3,8,13H2,1H3. The van der Waals surface area contributed by atoms with Gasteiger partial charge in [-0.05, 0) is 29.7 Å². The highest BCUT2D eigenvalue weighted by Gasteiger charge is 2.51. The molecule has 0 amide bonds. The topological polar surface area (TPSA) is 67.3 Å². The number of aromatic nitrogens is 1. The molecule has 0 radical (unpaired) electrons. The van der Waals surface area contributed by atoms with E-state index in [2.05, 4.69) is 11.9 Å². The van der Waals surface area contributed by atoms with Gasteiger partial charge in [-0.1, -0.05) is 50.1 Å². The molecule has 2 atom stereocenters. The molecule has 3 rings (SSSR count). The van der Waals surface area contributed by atoms with E-state index >= 15 is 0 Å². The Balaban J connectivity index is 1.94. The normalized spacial score (nSPS) is 22.4. The molecule has 0 bridgehead atoms. The SMILES string of the molecule is CCCCC1C(=O)C(O)(CC(=O)c2ccccn2)c2ccccc21. The Kier molecular flexibility index (Phi) is 4.58. The summed E-state index contributed by atoms with van der Waals surface area (Å²) in [6.07, 6.45) is 3.87. The highest BCUT2D eigenvalue weighted by atomic mass is 16.3. The van der Waals surface area contributed by atoms with Crippen LogP contribution < -0.4 is 0 Å². The van der Waals surface area contributed by atoms with E-state index in [-0.39, 0.29) is 29.6 Å². The number of Topliss-reactive ketones (excluding diaryl/α,β-unsaturated/α-hetero) is 2. The van der Waals surface area contributed by atoms with Gasteiger partial charge in [0.2, 0.25) is 0 Å². The van der Waals surface area contributed by atoms with Crippen molar-refractivity contribution in [3.05, 3.63) is 65.5 Å².